The van der Waals surface area contributed by atoms with Crippen molar-refractivity contribution in [1.29, 1.82) is 0 Å². The van der Waals surface area contributed by atoms with Crippen LogP contribution in [0.15, 0.2) is 29.4 Å². The summed E-state index contributed by atoms with van der Waals surface area (Å²) >= 11 is 2.91. The Bertz CT molecular complexity index is 1220. The molecule has 4 rings (SSSR count). The van der Waals surface area contributed by atoms with Crippen LogP contribution >= 0.6 is 23.1 Å². The van der Waals surface area contributed by atoms with Gasteiger partial charge in [-0.15, -0.1) is 10.2 Å². The summed E-state index contributed by atoms with van der Waals surface area (Å²) in [5.74, 6) is -0.549. The van der Waals surface area contributed by atoms with Crippen molar-refractivity contribution < 1.29 is 14.3 Å². The van der Waals surface area contributed by atoms with Gasteiger partial charge < -0.3 is 9.72 Å². The van der Waals surface area contributed by atoms with Crippen molar-refractivity contribution in [1.82, 2.24) is 19.6 Å². The Hall–Kier alpha value is -2.65. The van der Waals surface area contributed by atoms with E-state index in [4.69, 9.17) is 4.74 Å². The predicted molar refractivity (Wildman–Crippen MR) is 110 cm³/mol. The van der Waals surface area contributed by atoms with Crippen molar-refractivity contribution in [3.8, 4) is 0 Å². The van der Waals surface area contributed by atoms with Gasteiger partial charge in [0, 0.05) is 5.69 Å². The molecule has 0 radical (unpaired) electrons. The maximum atomic E-state index is 13.0. The number of hydrogen-bond acceptors (Lipinski definition) is 7. The molecule has 0 bridgehead atoms. The van der Waals surface area contributed by atoms with Gasteiger partial charge in [0.25, 0.3) is 0 Å². The second-order valence-electron chi connectivity index (χ2n) is 6.41. The summed E-state index contributed by atoms with van der Waals surface area (Å²) in [6.07, 6.45) is 0. The van der Waals surface area contributed by atoms with Gasteiger partial charge >= 0.3 is 5.97 Å². The third-order valence-corrected chi connectivity index (χ3v) is 6.69. The van der Waals surface area contributed by atoms with Gasteiger partial charge in [0.1, 0.15) is 0 Å². The second-order valence-corrected chi connectivity index (χ2v) is 8.73. The number of thioether (sulfide) groups is 1. The van der Waals surface area contributed by atoms with E-state index in [0.717, 1.165) is 15.2 Å². The van der Waals surface area contributed by atoms with Gasteiger partial charge in [-0.1, -0.05) is 35.2 Å². The first-order valence-corrected chi connectivity index (χ1v) is 10.3. The van der Waals surface area contributed by atoms with E-state index in [0.29, 0.717) is 27.7 Å². The van der Waals surface area contributed by atoms with Gasteiger partial charge in [-0.05, 0) is 38.5 Å². The normalized spacial score (nSPS) is 12.6. The van der Waals surface area contributed by atoms with Crippen LogP contribution in [0.5, 0.6) is 0 Å². The highest BCUT2D eigenvalue weighted by atomic mass is 32.2. The highest BCUT2D eigenvalue weighted by Crippen LogP contribution is 2.32. The van der Waals surface area contributed by atoms with E-state index in [2.05, 4.69) is 15.2 Å². The van der Waals surface area contributed by atoms with Crippen LogP contribution in [0, 0.1) is 13.8 Å². The first kappa shape index (κ1) is 18.7. The second kappa shape index (κ2) is 7.06. The van der Waals surface area contributed by atoms with Crippen LogP contribution < -0.4 is 0 Å². The van der Waals surface area contributed by atoms with Crippen LogP contribution in [0.1, 0.15) is 39.0 Å². The van der Waals surface area contributed by atoms with E-state index >= 15 is 0 Å². The number of methoxy groups -OCH3 is 1. The molecule has 0 amide bonds. The standard InChI is InChI=1S/C19H18N4O3S2/c1-9-14(17(25)26-4)10(2)20-15(9)16(24)11(3)27-18-21-22-19-23(18)12-7-5-6-8-13(12)28-19/h5-8,11,20H,1-4H3. The molecule has 0 spiro atoms. The summed E-state index contributed by atoms with van der Waals surface area (Å²) in [6, 6.07) is 8.01. The van der Waals surface area contributed by atoms with E-state index in [-0.39, 0.29) is 5.78 Å². The third-order valence-electron chi connectivity index (χ3n) is 4.64. The van der Waals surface area contributed by atoms with Crippen molar-refractivity contribution in [3.63, 3.8) is 0 Å². The zero-order valence-electron chi connectivity index (χ0n) is 15.8. The average molecular weight is 415 g/mol. The summed E-state index contributed by atoms with van der Waals surface area (Å²) in [5, 5.41) is 8.76. The SMILES string of the molecule is COC(=O)c1c(C)[nH]c(C(=O)C(C)Sc2nnc3sc4ccccc4n23)c1C. The molecule has 3 heterocycles. The van der Waals surface area contributed by atoms with Gasteiger partial charge in [-0.25, -0.2) is 4.79 Å². The molecule has 1 atom stereocenters. The molecule has 1 unspecified atom stereocenters. The van der Waals surface area contributed by atoms with Gasteiger partial charge in [0.15, 0.2) is 10.9 Å². The molecule has 144 valence electrons. The highest BCUT2D eigenvalue weighted by molar-refractivity contribution is 8.00. The van der Waals surface area contributed by atoms with Crippen molar-refractivity contribution >= 4 is 50.0 Å². The van der Waals surface area contributed by atoms with Crippen LogP contribution in [0.3, 0.4) is 0 Å². The number of hydrogen-bond donors (Lipinski definition) is 1. The minimum atomic E-state index is -0.450. The Morgan fingerprint density at radius 3 is 2.75 bits per heavy atom. The Morgan fingerprint density at radius 2 is 2.00 bits per heavy atom. The molecule has 0 saturated heterocycles. The number of aryl methyl sites for hydroxylation is 1. The fraction of sp³-hybridized carbons (Fsp3) is 0.263. The Balaban J connectivity index is 1.66. The average Bonchev–Trinajstić information content (AvgIpc) is 3.33. The summed E-state index contributed by atoms with van der Waals surface area (Å²) in [5.41, 5.74) is 3.09. The number of esters is 1. The van der Waals surface area contributed by atoms with Crippen LogP contribution in [0.4, 0.5) is 0 Å². The maximum absolute atomic E-state index is 13.0. The molecule has 9 heteroatoms. The Labute approximate surface area is 169 Å². The van der Waals surface area contributed by atoms with Crippen LogP contribution in [0.25, 0.3) is 15.2 Å². The number of rotatable bonds is 5. The van der Waals surface area contributed by atoms with Crippen molar-refractivity contribution in [3.05, 3.63) is 46.8 Å². The van der Waals surface area contributed by atoms with Crippen LogP contribution in [-0.4, -0.2) is 43.7 Å². The van der Waals surface area contributed by atoms with E-state index in [1.54, 1.807) is 25.2 Å². The number of nitrogens with zero attached hydrogens (tertiary/aromatic N) is 3. The number of para-hydroxylation sites is 1. The third kappa shape index (κ3) is 2.91. The van der Waals surface area contributed by atoms with E-state index in [1.807, 2.05) is 35.6 Å². The lowest BCUT2D eigenvalue weighted by Crippen LogP contribution is -2.16. The molecule has 4 aromatic rings. The van der Waals surface area contributed by atoms with Gasteiger partial charge in [0.05, 0.1) is 33.8 Å². The number of ether oxygens (including phenoxy) is 1. The van der Waals surface area contributed by atoms with Gasteiger partial charge in [0.2, 0.25) is 4.96 Å². The highest BCUT2D eigenvalue weighted by Gasteiger charge is 2.27. The summed E-state index contributed by atoms with van der Waals surface area (Å²) in [7, 11) is 1.33. The van der Waals surface area contributed by atoms with Crippen molar-refractivity contribution in [2.24, 2.45) is 0 Å². The first-order valence-electron chi connectivity index (χ1n) is 8.63. The molecule has 3 aromatic heterocycles. The number of ketones is 1. The Kier molecular flexibility index (Phi) is 4.72. The molecule has 0 aliphatic carbocycles. The summed E-state index contributed by atoms with van der Waals surface area (Å²) in [6.45, 7) is 5.34. The molecule has 0 aliphatic heterocycles. The zero-order valence-corrected chi connectivity index (χ0v) is 17.4. The number of Topliss-reactive ketones (excluding diaryl/α,β-unsaturated/α-hetero) is 1. The largest absolute Gasteiger partial charge is 0.465 e. The summed E-state index contributed by atoms with van der Waals surface area (Å²) < 4.78 is 7.91. The summed E-state index contributed by atoms with van der Waals surface area (Å²) in [4.78, 5) is 28.9. The number of carbonyl (C=O) groups excluding carboxylic acids is 2. The minimum Gasteiger partial charge on any atom is -0.465 e. The number of thiazole rings is 1. The molecule has 0 fully saturated rings. The predicted octanol–water partition coefficient (Wildman–Crippen LogP) is 4.04. The monoisotopic (exact) mass is 414 g/mol. The van der Waals surface area contributed by atoms with Crippen LogP contribution in [0.2, 0.25) is 0 Å². The quantitative estimate of drug-likeness (QED) is 0.301. The minimum absolute atomic E-state index is 0.1000. The number of benzene rings is 1. The van der Waals surface area contributed by atoms with Gasteiger partial charge in [-0.2, -0.15) is 0 Å². The number of nitrogens with one attached hydrogen (secondary N) is 1. The van der Waals surface area contributed by atoms with Crippen molar-refractivity contribution in [2.45, 2.75) is 31.2 Å². The first-order chi connectivity index (χ1) is 13.4. The number of fused-ring (bicyclic) bond motifs is 3. The lowest BCUT2D eigenvalue weighted by molar-refractivity contribution is 0.0599. The number of H-pyrrole nitrogens is 1. The molecule has 0 saturated carbocycles. The molecular weight excluding hydrogens is 396 g/mol. The lowest BCUT2D eigenvalue weighted by Gasteiger charge is -2.09. The van der Waals surface area contributed by atoms with E-state index in [1.165, 1.54) is 18.9 Å². The maximum Gasteiger partial charge on any atom is 0.339 e. The fourth-order valence-electron chi connectivity index (χ4n) is 3.25. The number of aromatic nitrogens is 4. The number of carbonyl (C=O) groups is 2. The van der Waals surface area contributed by atoms with E-state index in [9.17, 15) is 9.59 Å². The fourth-order valence-corrected chi connectivity index (χ4v) is 5.19. The Morgan fingerprint density at radius 1 is 1.25 bits per heavy atom. The van der Waals surface area contributed by atoms with Crippen molar-refractivity contribution in [2.75, 3.05) is 7.11 Å². The molecule has 7 nitrogen and oxygen atoms in total. The van der Waals surface area contributed by atoms with Crippen LogP contribution in [-0.2, 0) is 4.74 Å². The zero-order chi connectivity index (χ0) is 20.0. The molecular formula is C19H18N4O3S2. The smallest absolute Gasteiger partial charge is 0.339 e. The van der Waals surface area contributed by atoms with Gasteiger partial charge in [-0.3, -0.25) is 9.20 Å². The molecule has 28 heavy (non-hydrogen) atoms. The topological polar surface area (TPSA) is 89.4 Å². The lowest BCUT2D eigenvalue weighted by atomic mass is 10.1. The van der Waals surface area contributed by atoms with E-state index < -0.39 is 11.2 Å². The molecule has 0 aliphatic rings. The number of aromatic amines is 1. The molecule has 1 N–H and O–H groups in total. The molecule has 1 aromatic carbocycles.